The number of hydrogen-bond donors (Lipinski definition) is 2. The topological polar surface area (TPSA) is 49.8 Å². The lowest BCUT2D eigenvalue weighted by molar-refractivity contribution is 1.04. The zero-order valence-corrected chi connectivity index (χ0v) is 9.07. The van der Waals surface area contributed by atoms with Crippen LogP contribution in [0.25, 0.3) is 16.7 Å². The molecule has 0 saturated carbocycles. The van der Waals surface area contributed by atoms with E-state index in [1.54, 1.807) is 0 Å². The van der Waals surface area contributed by atoms with E-state index < -0.39 is 0 Å². The molecule has 3 heterocycles. The van der Waals surface area contributed by atoms with Gasteiger partial charge in [0.25, 0.3) is 0 Å². The highest BCUT2D eigenvalue weighted by Gasteiger charge is 2.25. The van der Waals surface area contributed by atoms with E-state index in [1.807, 2.05) is 18.3 Å². The van der Waals surface area contributed by atoms with Crippen LogP contribution in [0.4, 0.5) is 11.5 Å². The molecule has 0 fully saturated rings. The van der Waals surface area contributed by atoms with E-state index in [-0.39, 0.29) is 0 Å². The lowest BCUT2D eigenvalue weighted by Gasteiger charge is -2.08. The first-order valence-electron chi connectivity index (χ1n) is 5.58. The lowest BCUT2D eigenvalue weighted by Crippen LogP contribution is -1.97. The van der Waals surface area contributed by atoms with E-state index in [0.717, 1.165) is 23.6 Å². The Morgan fingerprint density at radius 2 is 2.06 bits per heavy atom. The number of aromatic nitrogens is 2. The highest BCUT2D eigenvalue weighted by molar-refractivity contribution is 5.97. The van der Waals surface area contributed by atoms with Gasteiger partial charge in [0, 0.05) is 35.1 Å². The van der Waals surface area contributed by atoms with Crippen molar-refractivity contribution in [3.05, 3.63) is 42.2 Å². The zero-order valence-electron chi connectivity index (χ0n) is 9.07. The Balaban J connectivity index is 2.11. The van der Waals surface area contributed by atoms with Gasteiger partial charge in [-0.3, -0.25) is 0 Å². The van der Waals surface area contributed by atoms with Gasteiger partial charge in [-0.1, -0.05) is 18.2 Å². The molecule has 2 N–H and O–H groups in total. The summed E-state index contributed by atoms with van der Waals surface area (Å²) >= 11 is 0. The maximum atomic E-state index is 4.14. The SMILES string of the molecule is C1=C2CNc3nncc(c32)-c2ccccc2N1. The summed E-state index contributed by atoms with van der Waals surface area (Å²) in [5.41, 5.74) is 5.85. The summed E-state index contributed by atoms with van der Waals surface area (Å²) in [4.78, 5) is 0. The van der Waals surface area contributed by atoms with Crippen LogP contribution in [-0.4, -0.2) is 16.7 Å². The fraction of sp³-hybridized carbons (Fsp3) is 0.0769. The van der Waals surface area contributed by atoms with Gasteiger partial charge in [-0.2, -0.15) is 5.10 Å². The Morgan fingerprint density at radius 3 is 3.06 bits per heavy atom. The third kappa shape index (κ3) is 1.12. The van der Waals surface area contributed by atoms with Crippen LogP contribution in [0, 0.1) is 0 Å². The molecule has 4 rings (SSSR count). The van der Waals surface area contributed by atoms with E-state index in [2.05, 4.69) is 39.2 Å². The smallest absolute Gasteiger partial charge is 0.157 e. The van der Waals surface area contributed by atoms with E-state index >= 15 is 0 Å². The summed E-state index contributed by atoms with van der Waals surface area (Å²) in [5, 5.41) is 14.8. The second-order valence-electron chi connectivity index (χ2n) is 4.19. The van der Waals surface area contributed by atoms with Crippen LogP contribution in [0.1, 0.15) is 5.56 Å². The quantitative estimate of drug-likeness (QED) is 0.718. The minimum Gasteiger partial charge on any atom is -0.364 e. The van der Waals surface area contributed by atoms with Crippen molar-refractivity contribution in [3.8, 4) is 11.1 Å². The van der Waals surface area contributed by atoms with Crippen molar-refractivity contribution >= 4 is 17.1 Å². The second-order valence-corrected chi connectivity index (χ2v) is 4.19. The minimum absolute atomic E-state index is 0.808. The molecule has 0 unspecified atom stereocenters. The summed E-state index contributed by atoms with van der Waals surface area (Å²) in [7, 11) is 0. The molecule has 2 aromatic rings. The van der Waals surface area contributed by atoms with Gasteiger partial charge in [-0.25, -0.2) is 0 Å². The normalized spacial score (nSPS) is 14.9. The van der Waals surface area contributed by atoms with Gasteiger partial charge in [0.15, 0.2) is 5.82 Å². The summed E-state index contributed by atoms with van der Waals surface area (Å²) in [6.07, 6.45) is 3.89. The Kier molecular flexibility index (Phi) is 1.58. The average molecular weight is 222 g/mol. The maximum absolute atomic E-state index is 4.14. The van der Waals surface area contributed by atoms with E-state index in [0.29, 0.717) is 0 Å². The van der Waals surface area contributed by atoms with Crippen LogP contribution in [0.15, 0.2) is 36.7 Å². The van der Waals surface area contributed by atoms with Crippen molar-refractivity contribution in [2.75, 3.05) is 17.2 Å². The molecule has 0 saturated heterocycles. The summed E-state index contributed by atoms with van der Waals surface area (Å²) in [6, 6.07) is 8.26. The summed E-state index contributed by atoms with van der Waals surface area (Å²) in [6.45, 7) is 0.808. The first kappa shape index (κ1) is 8.75. The molecule has 0 aliphatic carbocycles. The van der Waals surface area contributed by atoms with Gasteiger partial charge in [-0.05, 0) is 11.6 Å². The molecule has 2 aliphatic rings. The first-order valence-corrected chi connectivity index (χ1v) is 5.58. The highest BCUT2D eigenvalue weighted by Crippen LogP contribution is 2.41. The number of nitrogens with one attached hydrogen (secondary N) is 2. The number of anilines is 2. The van der Waals surface area contributed by atoms with Gasteiger partial charge in [-0.15, -0.1) is 5.10 Å². The van der Waals surface area contributed by atoms with Crippen molar-refractivity contribution in [1.82, 2.24) is 10.2 Å². The fourth-order valence-electron chi connectivity index (χ4n) is 2.44. The van der Waals surface area contributed by atoms with Crippen LogP contribution < -0.4 is 10.6 Å². The van der Waals surface area contributed by atoms with Crippen LogP contribution in [0.5, 0.6) is 0 Å². The van der Waals surface area contributed by atoms with E-state index in [1.165, 1.54) is 16.7 Å². The number of benzene rings is 1. The monoisotopic (exact) mass is 222 g/mol. The van der Waals surface area contributed by atoms with Crippen molar-refractivity contribution in [1.29, 1.82) is 0 Å². The van der Waals surface area contributed by atoms with Gasteiger partial charge >= 0.3 is 0 Å². The minimum atomic E-state index is 0.808. The number of para-hydroxylation sites is 1. The van der Waals surface area contributed by atoms with Gasteiger partial charge in [0.05, 0.1) is 6.20 Å². The Labute approximate surface area is 98.4 Å². The summed E-state index contributed by atoms with van der Waals surface area (Å²) in [5.74, 6) is 0.882. The second kappa shape index (κ2) is 3.07. The Hall–Kier alpha value is -2.36. The van der Waals surface area contributed by atoms with Crippen LogP contribution in [0.3, 0.4) is 0 Å². The molecular formula is C13H10N4. The highest BCUT2D eigenvalue weighted by atomic mass is 15.2. The zero-order chi connectivity index (χ0) is 11.2. The van der Waals surface area contributed by atoms with E-state index in [4.69, 9.17) is 0 Å². The largest absolute Gasteiger partial charge is 0.364 e. The third-order valence-corrected chi connectivity index (χ3v) is 3.24. The predicted molar refractivity (Wildman–Crippen MR) is 67.6 cm³/mol. The molecular weight excluding hydrogens is 212 g/mol. The number of hydrogen-bond acceptors (Lipinski definition) is 4. The molecule has 17 heavy (non-hydrogen) atoms. The molecule has 0 bridgehead atoms. The lowest BCUT2D eigenvalue weighted by atomic mass is 9.99. The number of fused-ring (bicyclic) bond motifs is 2. The third-order valence-electron chi connectivity index (χ3n) is 3.24. The molecule has 0 atom stereocenters. The molecule has 4 heteroatoms. The fourth-order valence-corrected chi connectivity index (χ4v) is 2.44. The van der Waals surface area contributed by atoms with Gasteiger partial charge < -0.3 is 10.6 Å². The van der Waals surface area contributed by atoms with Crippen molar-refractivity contribution in [2.45, 2.75) is 0 Å². The maximum Gasteiger partial charge on any atom is 0.157 e. The molecule has 0 amide bonds. The van der Waals surface area contributed by atoms with E-state index in [9.17, 15) is 0 Å². The Morgan fingerprint density at radius 1 is 1.12 bits per heavy atom. The molecule has 82 valence electrons. The van der Waals surface area contributed by atoms with Crippen LogP contribution in [-0.2, 0) is 0 Å². The molecule has 0 radical (unpaired) electrons. The van der Waals surface area contributed by atoms with Crippen molar-refractivity contribution in [3.63, 3.8) is 0 Å². The molecule has 1 aromatic heterocycles. The Bertz CT molecular complexity index is 646. The van der Waals surface area contributed by atoms with Gasteiger partial charge in [0.2, 0.25) is 0 Å². The molecule has 1 aromatic carbocycles. The number of rotatable bonds is 0. The standard InChI is InChI=1S/C13H10N4/c1-2-4-11-9(3-1)10-7-16-17-13-12(10)8(5-14-11)6-15-13/h1-5,7,14H,6H2,(H,15,17). The van der Waals surface area contributed by atoms with Crippen molar-refractivity contribution < 1.29 is 0 Å². The van der Waals surface area contributed by atoms with Crippen LogP contribution in [0.2, 0.25) is 0 Å². The van der Waals surface area contributed by atoms with Crippen LogP contribution >= 0.6 is 0 Å². The first-order chi connectivity index (χ1) is 8.43. The molecule has 2 aliphatic heterocycles. The molecule has 0 spiro atoms. The average Bonchev–Trinajstić information content (AvgIpc) is 2.72. The summed E-state index contributed by atoms with van der Waals surface area (Å²) < 4.78 is 0. The van der Waals surface area contributed by atoms with Crippen molar-refractivity contribution in [2.24, 2.45) is 0 Å². The number of nitrogens with zero attached hydrogens (tertiary/aromatic N) is 2. The molecule has 4 nitrogen and oxygen atoms in total. The predicted octanol–water partition coefficient (Wildman–Crippen LogP) is 2.34. The van der Waals surface area contributed by atoms with Gasteiger partial charge in [0.1, 0.15) is 0 Å².